The lowest BCUT2D eigenvalue weighted by atomic mass is 10.1. The van der Waals surface area contributed by atoms with Crippen molar-refractivity contribution in [3.63, 3.8) is 0 Å². The molecule has 3 nitrogen and oxygen atoms in total. The van der Waals surface area contributed by atoms with E-state index in [1.54, 1.807) is 6.07 Å². The summed E-state index contributed by atoms with van der Waals surface area (Å²) in [6.07, 6.45) is -5.86. The Morgan fingerprint density at radius 2 is 1.82 bits per heavy atom. The van der Waals surface area contributed by atoms with E-state index in [0.29, 0.717) is 19.6 Å². The quantitative estimate of drug-likeness (QED) is 0.800. The van der Waals surface area contributed by atoms with E-state index in [1.165, 1.54) is 17.0 Å². The molecular formula is C15H18F4N2O. The number of aryl methyl sites for hydroxylation is 1. The van der Waals surface area contributed by atoms with Crippen LogP contribution in [0.2, 0.25) is 0 Å². The van der Waals surface area contributed by atoms with E-state index in [0.717, 1.165) is 11.1 Å². The summed E-state index contributed by atoms with van der Waals surface area (Å²) >= 11 is 0. The predicted octanol–water partition coefficient (Wildman–Crippen LogP) is 2.73. The molecule has 0 spiro atoms. The normalized spacial score (nSPS) is 16.9. The molecular weight excluding hydrogens is 300 g/mol. The van der Waals surface area contributed by atoms with Crippen LogP contribution in [0.25, 0.3) is 0 Å². The van der Waals surface area contributed by atoms with Crippen molar-refractivity contribution < 1.29 is 22.4 Å². The summed E-state index contributed by atoms with van der Waals surface area (Å²) in [7, 11) is 0. The molecule has 1 saturated heterocycles. The van der Waals surface area contributed by atoms with Gasteiger partial charge < -0.3 is 4.90 Å². The lowest BCUT2D eigenvalue weighted by Crippen LogP contribution is -2.49. The fraction of sp³-hybridized carbons (Fsp3) is 0.533. The van der Waals surface area contributed by atoms with Crippen LogP contribution in [0.15, 0.2) is 18.2 Å². The topological polar surface area (TPSA) is 23.6 Å². The van der Waals surface area contributed by atoms with Crippen LogP contribution in [0.3, 0.4) is 0 Å². The first-order valence-electron chi connectivity index (χ1n) is 7.06. The number of hydrogen-bond donors (Lipinski definition) is 0. The van der Waals surface area contributed by atoms with Crippen molar-refractivity contribution in [3.8, 4) is 0 Å². The van der Waals surface area contributed by atoms with Gasteiger partial charge in [-0.2, -0.15) is 13.2 Å². The van der Waals surface area contributed by atoms with Gasteiger partial charge in [-0.15, -0.1) is 0 Å². The molecule has 0 N–H and O–H groups in total. The van der Waals surface area contributed by atoms with E-state index >= 15 is 0 Å². The van der Waals surface area contributed by atoms with Gasteiger partial charge >= 0.3 is 6.18 Å². The van der Waals surface area contributed by atoms with Gasteiger partial charge in [0.15, 0.2) is 0 Å². The molecule has 0 aromatic heterocycles. The van der Waals surface area contributed by atoms with Crippen molar-refractivity contribution in [2.75, 3.05) is 26.2 Å². The Morgan fingerprint density at radius 3 is 2.36 bits per heavy atom. The second-order valence-electron chi connectivity index (χ2n) is 5.52. The van der Waals surface area contributed by atoms with Gasteiger partial charge in [-0.3, -0.25) is 9.69 Å². The Balaban J connectivity index is 1.86. The van der Waals surface area contributed by atoms with Crippen molar-refractivity contribution in [1.82, 2.24) is 9.80 Å². The number of benzene rings is 1. The molecule has 1 aliphatic heterocycles. The van der Waals surface area contributed by atoms with Gasteiger partial charge in [-0.1, -0.05) is 6.07 Å². The summed E-state index contributed by atoms with van der Waals surface area (Å²) in [5.74, 6) is -1.16. The lowest BCUT2D eigenvalue weighted by molar-refractivity contribution is -0.162. The number of hydrogen-bond acceptors (Lipinski definition) is 2. The molecule has 1 aromatic carbocycles. The molecule has 0 atom stereocenters. The summed E-state index contributed by atoms with van der Waals surface area (Å²) in [4.78, 5) is 14.8. The smallest absolute Gasteiger partial charge is 0.340 e. The van der Waals surface area contributed by atoms with E-state index in [2.05, 4.69) is 4.90 Å². The molecule has 22 heavy (non-hydrogen) atoms. The molecule has 1 amide bonds. The highest BCUT2D eigenvalue weighted by Gasteiger charge is 2.34. The highest BCUT2D eigenvalue weighted by molar-refractivity contribution is 5.76. The standard InChI is InChI=1S/C15H18F4N2O/c1-11-8-13(16)3-2-12(11)10-20-4-6-21(7-5-20)14(22)9-15(17,18)19/h2-3,8H,4-7,9-10H2,1H3. The molecule has 1 fully saturated rings. The summed E-state index contributed by atoms with van der Waals surface area (Å²) in [5, 5.41) is 0. The SMILES string of the molecule is Cc1cc(F)ccc1CN1CCN(C(=O)CC(F)(F)F)CC1. The van der Waals surface area contributed by atoms with E-state index in [-0.39, 0.29) is 18.9 Å². The van der Waals surface area contributed by atoms with Crippen LogP contribution in [0.4, 0.5) is 17.6 Å². The minimum Gasteiger partial charge on any atom is -0.340 e. The summed E-state index contributed by atoms with van der Waals surface area (Å²) < 4.78 is 49.7. The molecule has 1 aliphatic rings. The van der Waals surface area contributed by atoms with Crippen molar-refractivity contribution in [2.24, 2.45) is 0 Å². The van der Waals surface area contributed by atoms with Crippen molar-refractivity contribution >= 4 is 5.91 Å². The molecule has 0 aliphatic carbocycles. The average molecular weight is 318 g/mol. The molecule has 7 heteroatoms. The van der Waals surface area contributed by atoms with Gasteiger partial charge in [0, 0.05) is 32.7 Å². The molecule has 0 unspecified atom stereocenters. The number of carbonyl (C=O) groups is 1. The zero-order valence-corrected chi connectivity index (χ0v) is 12.3. The number of halogens is 4. The van der Waals surface area contributed by atoms with Crippen molar-refractivity contribution in [1.29, 1.82) is 0 Å². The van der Waals surface area contributed by atoms with E-state index in [9.17, 15) is 22.4 Å². The van der Waals surface area contributed by atoms with E-state index in [4.69, 9.17) is 0 Å². The molecule has 2 rings (SSSR count). The van der Waals surface area contributed by atoms with Crippen LogP contribution < -0.4 is 0 Å². The molecule has 0 bridgehead atoms. The maximum Gasteiger partial charge on any atom is 0.397 e. The van der Waals surface area contributed by atoms with E-state index in [1.807, 2.05) is 6.92 Å². The monoisotopic (exact) mass is 318 g/mol. The fourth-order valence-corrected chi connectivity index (χ4v) is 2.52. The second-order valence-corrected chi connectivity index (χ2v) is 5.52. The van der Waals surface area contributed by atoms with Crippen LogP contribution in [0.5, 0.6) is 0 Å². The van der Waals surface area contributed by atoms with Gasteiger partial charge in [-0.25, -0.2) is 4.39 Å². The zero-order valence-electron chi connectivity index (χ0n) is 12.3. The van der Waals surface area contributed by atoms with Crippen LogP contribution in [-0.4, -0.2) is 48.1 Å². The molecule has 1 heterocycles. The van der Waals surface area contributed by atoms with Gasteiger partial charge in [0.1, 0.15) is 12.2 Å². The van der Waals surface area contributed by atoms with Crippen LogP contribution >= 0.6 is 0 Å². The number of amides is 1. The second kappa shape index (κ2) is 6.64. The predicted molar refractivity (Wildman–Crippen MR) is 73.7 cm³/mol. The Kier molecular flexibility index (Phi) is 5.05. The lowest BCUT2D eigenvalue weighted by Gasteiger charge is -2.35. The minimum atomic E-state index is -4.46. The Labute approximate surface area is 126 Å². The third-order valence-electron chi connectivity index (χ3n) is 3.78. The minimum absolute atomic E-state index is 0.287. The van der Waals surface area contributed by atoms with Gasteiger partial charge in [0.25, 0.3) is 0 Å². The average Bonchev–Trinajstić information content (AvgIpc) is 2.41. The van der Waals surface area contributed by atoms with Crippen LogP contribution in [0.1, 0.15) is 17.5 Å². The third-order valence-corrected chi connectivity index (χ3v) is 3.78. The Hall–Kier alpha value is -1.63. The molecule has 122 valence electrons. The van der Waals surface area contributed by atoms with Gasteiger partial charge in [0.05, 0.1) is 0 Å². The summed E-state index contributed by atoms with van der Waals surface area (Å²) in [6.45, 7) is 4.03. The van der Waals surface area contributed by atoms with Crippen LogP contribution in [-0.2, 0) is 11.3 Å². The summed E-state index contributed by atoms with van der Waals surface area (Å²) in [6, 6.07) is 4.57. The number of nitrogens with zero attached hydrogens (tertiary/aromatic N) is 2. The first-order chi connectivity index (χ1) is 10.2. The molecule has 1 aromatic rings. The van der Waals surface area contributed by atoms with E-state index < -0.39 is 18.5 Å². The van der Waals surface area contributed by atoms with Crippen molar-refractivity contribution in [2.45, 2.75) is 26.1 Å². The number of carbonyl (C=O) groups excluding carboxylic acids is 1. The van der Waals surface area contributed by atoms with Crippen LogP contribution in [0, 0.1) is 12.7 Å². The Bertz CT molecular complexity index is 537. The number of alkyl halides is 3. The first-order valence-corrected chi connectivity index (χ1v) is 7.06. The number of rotatable bonds is 3. The fourth-order valence-electron chi connectivity index (χ4n) is 2.52. The molecule has 0 radical (unpaired) electrons. The summed E-state index contributed by atoms with van der Waals surface area (Å²) in [5.41, 5.74) is 1.83. The third kappa shape index (κ3) is 4.69. The van der Waals surface area contributed by atoms with Crippen molar-refractivity contribution in [3.05, 3.63) is 35.1 Å². The zero-order chi connectivity index (χ0) is 16.3. The Morgan fingerprint density at radius 1 is 1.18 bits per heavy atom. The maximum atomic E-state index is 13.1. The maximum absolute atomic E-state index is 13.1. The molecule has 0 saturated carbocycles. The highest BCUT2D eigenvalue weighted by atomic mass is 19.4. The first kappa shape index (κ1) is 16.7. The van der Waals surface area contributed by atoms with Gasteiger partial charge in [-0.05, 0) is 30.2 Å². The highest BCUT2D eigenvalue weighted by Crippen LogP contribution is 2.21. The van der Waals surface area contributed by atoms with Gasteiger partial charge in [0.2, 0.25) is 5.91 Å². The number of piperazine rings is 1. The largest absolute Gasteiger partial charge is 0.397 e.